The maximum Gasteiger partial charge on any atom is 0.342 e. The molecular weight excluding hydrogens is 470 g/mol. The Labute approximate surface area is 205 Å². The minimum Gasteiger partial charge on any atom is -0.507 e. The van der Waals surface area contributed by atoms with E-state index in [2.05, 4.69) is 20.9 Å². The van der Waals surface area contributed by atoms with Crippen LogP contribution in [-0.4, -0.2) is 32.0 Å². The van der Waals surface area contributed by atoms with Gasteiger partial charge in [-0.15, -0.1) is 0 Å². The molecule has 0 radical (unpaired) electrons. The van der Waals surface area contributed by atoms with Crippen LogP contribution in [0.15, 0.2) is 65.3 Å². The molecule has 2 amide bonds. The van der Waals surface area contributed by atoms with Gasteiger partial charge in [0.05, 0.1) is 17.6 Å². The fourth-order valence-corrected chi connectivity index (χ4v) is 4.13. The van der Waals surface area contributed by atoms with Gasteiger partial charge in [-0.3, -0.25) is 4.79 Å². The van der Waals surface area contributed by atoms with Gasteiger partial charge in [0.25, 0.3) is 5.91 Å². The lowest BCUT2D eigenvalue weighted by Gasteiger charge is -2.25. The highest BCUT2D eigenvalue weighted by atomic mass is 35.5. The number of aromatic nitrogens is 3. The third-order valence-electron chi connectivity index (χ3n) is 6.03. The van der Waals surface area contributed by atoms with Crippen molar-refractivity contribution in [2.75, 3.05) is 5.32 Å². The zero-order chi connectivity index (χ0) is 24.4. The number of nitrogens with zero attached hydrogens (tertiary/aromatic N) is 3. The summed E-state index contributed by atoms with van der Waals surface area (Å²) in [5, 5.41) is 24.8. The van der Waals surface area contributed by atoms with Gasteiger partial charge in [0.1, 0.15) is 5.75 Å². The van der Waals surface area contributed by atoms with Gasteiger partial charge in [0, 0.05) is 40.9 Å². The Bertz CT molecular complexity index is 1380. The van der Waals surface area contributed by atoms with E-state index in [4.69, 9.17) is 16.1 Å². The molecule has 0 aliphatic heterocycles. The summed E-state index contributed by atoms with van der Waals surface area (Å²) < 4.78 is 6.21. The first-order valence-corrected chi connectivity index (χ1v) is 11.5. The van der Waals surface area contributed by atoms with Gasteiger partial charge in [-0.2, -0.15) is 9.78 Å². The fraction of sp³-hybridized carbons (Fsp3) is 0.200. The Morgan fingerprint density at radius 1 is 1.14 bits per heavy atom. The second kappa shape index (κ2) is 9.63. The van der Waals surface area contributed by atoms with Gasteiger partial charge in [0.2, 0.25) is 5.76 Å². The van der Waals surface area contributed by atoms with E-state index in [1.807, 2.05) is 24.3 Å². The molecule has 1 aliphatic carbocycles. The third kappa shape index (κ3) is 4.76. The Hall–Kier alpha value is -4.11. The van der Waals surface area contributed by atoms with E-state index in [1.165, 1.54) is 23.0 Å². The average molecular weight is 492 g/mol. The number of nitrogens with one attached hydrogen (secondary N) is 2. The van der Waals surface area contributed by atoms with Crippen LogP contribution in [0.1, 0.15) is 47.0 Å². The molecule has 2 aromatic carbocycles. The summed E-state index contributed by atoms with van der Waals surface area (Å²) in [6.45, 7) is 0.267. The maximum atomic E-state index is 13.0. The number of benzene rings is 2. The summed E-state index contributed by atoms with van der Waals surface area (Å²) in [5.74, 6) is -0.284. The first-order valence-electron chi connectivity index (χ1n) is 11.2. The predicted molar refractivity (Wildman–Crippen MR) is 129 cm³/mol. The molecule has 0 atom stereocenters. The molecule has 0 spiro atoms. The topological polar surface area (TPSA) is 122 Å². The number of phenols is 1. The highest BCUT2D eigenvalue weighted by molar-refractivity contribution is 6.31. The van der Waals surface area contributed by atoms with Gasteiger partial charge in [-0.1, -0.05) is 41.4 Å². The third-order valence-corrected chi connectivity index (χ3v) is 6.40. The molecule has 5 rings (SSSR count). The lowest BCUT2D eigenvalue weighted by atomic mass is 9.82. The minimum absolute atomic E-state index is 0.0558. The van der Waals surface area contributed by atoms with Crippen LogP contribution in [0, 0.1) is 0 Å². The zero-order valence-electron chi connectivity index (χ0n) is 18.6. The molecule has 4 aromatic rings. The van der Waals surface area contributed by atoms with E-state index in [-0.39, 0.29) is 30.0 Å². The van der Waals surface area contributed by atoms with Gasteiger partial charge < -0.3 is 20.3 Å². The predicted octanol–water partition coefficient (Wildman–Crippen LogP) is 5.17. The summed E-state index contributed by atoms with van der Waals surface area (Å²) in [6, 6.07) is 14.9. The standard InChI is InChI=1S/C25H22ClN5O4/c26-19-7-2-1-4-16(19)14-27-25(34)31-21(15-5-3-6-15)13-20(30-31)18-9-8-17(12-22(18)32)29-24(33)23-10-11-28-35-23/h1-2,4,7-13,15,32H,3,5-6,14H2,(H,27,34)(H,29,33). The number of hydrogen-bond acceptors (Lipinski definition) is 6. The first-order chi connectivity index (χ1) is 17.0. The Kier molecular flexibility index (Phi) is 6.24. The fourth-order valence-electron chi connectivity index (χ4n) is 3.92. The van der Waals surface area contributed by atoms with Crippen molar-refractivity contribution in [1.82, 2.24) is 20.3 Å². The van der Waals surface area contributed by atoms with Crippen LogP contribution in [0.2, 0.25) is 5.02 Å². The summed E-state index contributed by atoms with van der Waals surface area (Å²) >= 11 is 6.21. The largest absolute Gasteiger partial charge is 0.507 e. The van der Waals surface area contributed by atoms with E-state index in [0.29, 0.717) is 22.0 Å². The van der Waals surface area contributed by atoms with Crippen molar-refractivity contribution in [2.24, 2.45) is 0 Å². The Balaban J connectivity index is 1.37. The lowest BCUT2D eigenvalue weighted by Crippen LogP contribution is -2.31. The summed E-state index contributed by atoms with van der Waals surface area (Å²) in [4.78, 5) is 25.2. The number of rotatable bonds is 6. The number of phenolic OH excluding ortho intramolecular Hbond substituents is 1. The lowest BCUT2D eigenvalue weighted by molar-refractivity contribution is 0.0988. The van der Waals surface area contributed by atoms with Gasteiger partial charge in [0.15, 0.2) is 0 Å². The molecule has 35 heavy (non-hydrogen) atoms. The molecule has 2 heterocycles. The van der Waals surface area contributed by atoms with Crippen molar-refractivity contribution >= 4 is 29.2 Å². The molecule has 0 bridgehead atoms. The smallest absolute Gasteiger partial charge is 0.342 e. The number of hydrogen-bond donors (Lipinski definition) is 3. The van der Waals surface area contributed by atoms with E-state index in [1.54, 1.807) is 18.2 Å². The summed E-state index contributed by atoms with van der Waals surface area (Å²) in [5.41, 5.74) is 2.89. The van der Waals surface area contributed by atoms with Gasteiger partial charge >= 0.3 is 6.03 Å². The monoisotopic (exact) mass is 491 g/mol. The van der Waals surface area contributed by atoms with Crippen molar-refractivity contribution in [1.29, 1.82) is 0 Å². The van der Waals surface area contributed by atoms with Crippen LogP contribution >= 0.6 is 11.6 Å². The van der Waals surface area contributed by atoms with E-state index in [0.717, 1.165) is 30.5 Å². The van der Waals surface area contributed by atoms with E-state index < -0.39 is 5.91 Å². The highest BCUT2D eigenvalue weighted by Crippen LogP contribution is 2.39. The number of anilines is 1. The van der Waals surface area contributed by atoms with Crippen LogP contribution in [0.25, 0.3) is 11.3 Å². The molecule has 1 saturated carbocycles. The molecule has 2 aromatic heterocycles. The quantitative estimate of drug-likeness (QED) is 0.342. The van der Waals surface area contributed by atoms with Crippen LogP contribution < -0.4 is 10.6 Å². The van der Waals surface area contributed by atoms with Crippen molar-refractivity contribution in [3.8, 4) is 17.0 Å². The SMILES string of the molecule is O=C(Nc1ccc(-c2cc(C3CCC3)n(C(=O)NCc3ccccc3Cl)n2)c(O)c1)c1ccno1. The molecular formula is C25H22ClN5O4. The minimum atomic E-state index is -0.485. The number of carbonyl (C=O) groups is 2. The van der Waals surface area contributed by atoms with Gasteiger partial charge in [-0.05, 0) is 42.7 Å². The van der Waals surface area contributed by atoms with Crippen LogP contribution in [-0.2, 0) is 6.54 Å². The van der Waals surface area contributed by atoms with Crippen molar-refractivity contribution < 1.29 is 19.2 Å². The Morgan fingerprint density at radius 2 is 1.97 bits per heavy atom. The first kappa shape index (κ1) is 22.7. The second-order valence-corrected chi connectivity index (χ2v) is 8.71. The molecule has 0 unspecified atom stereocenters. The maximum absolute atomic E-state index is 13.0. The van der Waals surface area contributed by atoms with E-state index in [9.17, 15) is 14.7 Å². The van der Waals surface area contributed by atoms with Crippen molar-refractivity contribution in [3.05, 3.63) is 82.8 Å². The molecule has 1 fully saturated rings. The molecule has 3 N–H and O–H groups in total. The molecule has 178 valence electrons. The summed E-state index contributed by atoms with van der Waals surface area (Å²) in [6.07, 6.45) is 4.41. The molecule has 1 aliphatic rings. The number of halogens is 1. The Morgan fingerprint density at radius 3 is 2.66 bits per heavy atom. The number of aromatic hydroxyl groups is 1. The second-order valence-electron chi connectivity index (χ2n) is 8.31. The zero-order valence-corrected chi connectivity index (χ0v) is 19.3. The van der Waals surface area contributed by atoms with Crippen LogP contribution in [0.4, 0.5) is 10.5 Å². The van der Waals surface area contributed by atoms with Crippen molar-refractivity contribution in [2.45, 2.75) is 31.7 Å². The van der Waals surface area contributed by atoms with Crippen LogP contribution in [0.3, 0.4) is 0 Å². The molecule has 10 heteroatoms. The van der Waals surface area contributed by atoms with Gasteiger partial charge in [-0.25, -0.2) is 4.79 Å². The highest BCUT2D eigenvalue weighted by Gasteiger charge is 2.27. The number of amides is 2. The van der Waals surface area contributed by atoms with Crippen molar-refractivity contribution in [3.63, 3.8) is 0 Å². The number of carbonyl (C=O) groups excluding carboxylic acids is 2. The van der Waals surface area contributed by atoms with E-state index >= 15 is 0 Å². The molecule has 0 saturated heterocycles. The molecule has 9 nitrogen and oxygen atoms in total. The normalized spacial score (nSPS) is 13.3. The average Bonchev–Trinajstić information content (AvgIpc) is 3.48. The van der Waals surface area contributed by atoms with Crippen LogP contribution in [0.5, 0.6) is 5.75 Å². The summed E-state index contributed by atoms with van der Waals surface area (Å²) in [7, 11) is 0.